The van der Waals surface area contributed by atoms with E-state index in [1.807, 2.05) is 0 Å². The van der Waals surface area contributed by atoms with Crippen LogP contribution in [-0.4, -0.2) is 19.2 Å². The zero-order valence-corrected chi connectivity index (χ0v) is 15.4. The van der Waals surface area contributed by atoms with E-state index in [2.05, 4.69) is 24.1 Å². The number of hydrogen-bond donors (Lipinski definition) is 1. The highest BCUT2D eigenvalue weighted by molar-refractivity contribution is 5.67. The van der Waals surface area contributed by atoms with Crippen molar-refractivity contribution < 1.29 is 9.53 Å². The Morgan fingerprint density at radius 2 is 1.54 bits per heavy atom. The number of nitrogens with one attached hydrogen (secondary N) is 1. The van der Waals surface area contributed by atoms with Crippen molar-refractivity contribution in [1.29, 1.82) is 0 Å². The summed E-state index contributed by atoms with van der Waals surface area (Å²) in [6.07, 6.45) is 14.5. The van der Waals surface area contributed by atoms with Gasteiger partial charge in [0, 0.05) is 19.4 Å². The summed E-state index contributed by atoms with van der Waals surface area (Å²) >= 11 is 0. The van der Waals surface area contributed by atoms with Crippen molar-refractivity contribution in [2.24, 2.45) is 17.8 Å². The zero-order valence-electron chi connectivity index (χ0n) is 15.4. The molecule has 1 saturated carbocycles. The monoisotopic (exact) mass is 333 g/mol. The Bertz CT molecular complexity index is 405. The van der Waals surface area contributed by atoms with Gasteiger partial charge in [0.1, 0.15) is 0 Å². The van der Waals surface area contributed by atoms with Crippen molar-refractivity contribution in [3.63, 3.8) is 0 Å². The van der Waals surface area contributed by atoms with Crippen LogP contribution >= 0.6 is 0 Å². The second kappa shape index (κ2) is 11.4. The number of hydrogen-bond acceptors (Lipinski definition) is 2. The van der Waals surface area contributed by atoms with Crippen molar-refractivity contribution in [3.05, 3.63) is 0 Å². The van der Waals surface area contributed by atoms with E-state index in [1.165, 1.54) is 57.8 Å². The van der Waals surface area contributed by atoms with Crippen molar-refractivity contribution in [2.45, 2.75) is 84.0 Å². The maximum Gasteiger partial charge on any atom is 0.407 e. The van der Waals surface area contributed by atoms with Crippen molar-refractivity contribution in [2.75, 3.05) is 13.2 Å². The molecular formula is C21H35NO2. The number of ether oxygens (including phenoxy) is 1. The standard InChI is InChI=1S/C21H35NO2/c1-2-3-4-5-6-7-10-13-16-22-21(23)24-17-20-18-14-11-8-9-12-15-19(18)20/h18-20H,2-7,10-17H2,1H3,(H,22,23)/t18-,19?,20?/m0/s1. The highest BCUT2D eigenvalue weighted by atomic mass is 16.5. The van der Waals surface area contributed by atoms with E-state index < -0.39 is 0 Å². The third-order valence-electron chi connectivity index (χ3n) is 5.55. The van der Waals surface area contributed by atoms with Gasteiger partial charge in [0.2, 0.25) is 0 Å². The third-order valence-corrected chi connectivity index (χ3v) is 5.55. The number of unbranched alkanes of at least 4 members (excludes halogenated alkanes) is 7. The largest absolute Gasteiger partial charge is 0.449 e. The van der Waals surface area contributed by atoms with Gasteiger partial charge in [-0.05, 0) is 37.0 Å². The average Bonchev–Trinajstić information content (AvgIpc) is 3.21. The molecule has 2 rings (SSSR count). The van der Waals surface area contributed by atoms with Crippen LogP contribution in [0.5, 0.6) is 0 Å². The first-order valence-corrected chi connectivity index (χ1v) is 10.2. The molecule has 1 fully saturated rings. The van der Waals surface area contributed by atoms with E-state index in [0.29, 0.717) is 12.5 Å². The van der Waals surface area contributed by atoms with Crippen molar-refractivity contribution >= 4 is 6.09 Å². The molecule has 1 N–H and O–H groups in total. The molecule has 0 saturated heterocycles. The minimum atomic E-state index is -0.228. The molecule has 136 valence electrons. The molecule has 0 aromatic carbocycles. The quantitative estimate of drug-likeness (QED) is 0.412. The molecule has 0 heterocycles. The number of carbonyl (C=O) groups excluding carboxylic acids is 1. The fourth-order valence-electron chi connectivity index (χ4n) is 3.95. The van der Waals surface area contributed by atoms with Gasteiger partial charge >= 0.3 is 6.09 Å². The summed E-state index contributed by atoms with van der Waals surface area (Å²) in [7, 11) is 0. The van der Waals surface area contributed by atoms with E-state index in [0.717, 1.165) is 37.6 Å². The summed E-state index contributed by atoms with van der Waals surface area (Å²) in [5, 5.41) is 2.90. The van der Waals surface area contributed by atoms with Crippen LogP contribution < -0.4 is 5.32 Å². The smallest absolute Gasteiger partial charge is 0.407 e. The van der Waals surface area contributed by atoms with Crippen LogP contribution in [0.25, 0.3) is 0 Å². The summed E-state index contributed by atoms with van der Waals surface area (Å²) in [5.41, 5.74) is 0. The molecule has 2 unspecified atom stereocenters. The fourth-order valence-corrected chi connectivity index (χ4v) is 3.95. The molecule has 0 aliphatic heterocycles. The molecule has 0 aromatic rings. The summed E-state index contributed by atoms with van der Waals surface area (Å²) in [6, 6.07) is 0. The van der Waals surface area contributed by atoms with Crippen LogP contribution in [0.15, 0.2) is 0 Å². The Morgan fingerprint density at radius 1 is 0.958 bits per heavy atom. The van der Waals surface area contributed by atoms with Gasteiger partial charge in [-0.1, -0.05) is 51.9 Å². The van der Waals surface area contributed by atoms with Crippen LogP contribution in [0, 0.1) is 29.6 Å². The molecular weight excluding hydrogens is 298 g/mol. The predicted molar refractivity (Wildman–Crippen MR) is 98.7 cm³/mol. The molecule has 0 radical (unpaired) electrons. The SMILES string of the molecule is CCCCCCCCCCNC(=O)OCC1C2CCC#CCC[C@@H]21. The lowest BCUT2D eigenvalue weighted by atomic mass is 10.1. The minimum absolute atomic E-state index is 0.228. The van der Waals surface area contributed by atoms with Gasteiger partial charge in [-0.3, -0.25) is 0 Å². The first kappa shape index (κ1) is 19.2. The number of carbonyl (C=O) groups is 1. The number of rotatable bonds is 11. The summed E-state index contributed by atoms with van der Waals surface area (Å²) in [6.45, 7) is 3.59. The first-order chi connectivity index (χ1) is 11.8. The average molecular weight is 334 g/mol. The Labute approximate surface area is 148 Å². The van der Waals surface area contributed by atoms with Crippen molar-refractivity contribution in [3.8, 4) is 11.8 Å². The minimum Gasteiger partial charge on any atom is -0.449 e. The first-order valence-electron chi connectivity index (χ1n) is 10.2. The summed E-state index contributed by atoms with van der Waals surface area (Å²) in [4.78, 5) is 11.8. The molecule has 0 spiro atoms. The van der Waals surface area contributed by atoms with Crippen LogP contribution in [0.3, 0.4) is 0 Å². The van der Waals surface area contributed by atoms with E-state index in [-0.39, 0.29) is 6.09 Å². The Morgan fingerprint density at radius 3 is 2.17 bits per heavy atom. The normalized spacial score (nSPS) is 24.8. The molecule has 3 nitrogen and oxygen atoms in total. The highest BCUT2D eigenvalue weighted by Gasteiger charge is 2.49. The molecule has 24 heavy (non-hydrogen) atoms. The highest BCUT2D eigenvalue weighted by Crippen LogP contribution is 2.52. The Hall–Kier alpha value is -1.17. The fraction of sp³-hybridized carbons (Fsp3) is 0.857. The second-order valence-corrected chi connectivity index (χ2v) is 7.42. The molecule has 2 aliphatic rings. The van der Waals surface area contributed by atoms with Gasteiger partial charge in [-0.25, -0.2) is 4.79 Å². The number of fused-ring (bicyclic) bond motifs is 1. The van der Waals surface area contributed by atoms with Crippen LogP contribution in [0.1, 0.15) is 84.0 Å². The Balaban J connectivity index is 1.41. The lowest BCUT2D eigenvalue weighted by molar-refractivity contribution is 0.137. The van der Waals surface area contributed by atoms with Crippen LogP contribution in [0.4, 0.5) is 4.79 Å². The van der Waals surface area contributed by atoms with Gasteiger partial charge in [0.25, 0.3) is 0 Å². The Kier molecular flexibility index (Phi) is 9.10. The van der Waals surface area contributed by atoms with E-state index >= 15 is 0 Å². The lowest BCUT2D eigenvalue weighted by Gasteiger charge is -2.07. The van der Waals surface area contributed by atoms with Gasteiger partial charge in [-0.15, -0.1) is 11.8 Å². The third kappa shape index (κ3) is 7.16. The lowest BCUT2D eigenvalue weighted by Crippen LogP contribution is -2.26. The van der Waals surface area contributed by atoms with E-state index in [9.17, 15) is 4.79 Å². The van der Waals surface area contributed by atoms with Gasteiger partial charge in [0.05, 0.1) is 6.61 Å². The molecule has 0 bridgehead atoms. The molecule has 0 aromatic heterocycles. The number of alkyl carbamates (subject to hydrolysis) is 1. The molecule has 1 amide bonds. The van der Waals surface area contributed by atoms with Gasteiger partial charge in [0.15, 0.2) is 0 Å². The molecule has 3 atom stereocenters. The predicted octanol–water partition coefficient (Wildman–Crippen LogP) is 5.29. The van der Waals surface area contributed by atoms with E-state index in [1.54, 1.807) is 0 Å². The van der Waals surface area contributed by atoms with Crippen molar-refractivity contribution in [1.82, 2.24) is 5.32 Å². The molecule has 3 heteroatoms. The topological polar surface area (TPSA) is 38.3 Å². The maximum absolute atomic E-state index is 11.8. The second-order valence-electron chi connectivity index (χ2n) is 7.42. The summed E-state index contributed by atoms with van der Waals surface area (Å²) in [5.74, 6) is 8.52. The number of amides is 1. The van der Waals surface area contributed by atoms with E-state index in [4.69, 9.17) is 4.74 Å². The molecule has 2 aliphatic carbocycles. The van der Waals surface area contributed by atoms with Gasteiger partial charge in [-0.2, -0.15) is 0 Å². The van der Waals surface area contributed by atoms with Crippen LogP contribution in [0.2, 0.25) is 0 Å². The maximum atomic E-state index is 11.8. The van der Waals surface area contributed by atoms with Gasteiger partial charge < -0.3 is 10.1 Å². The van der Waals surface area contributed by atoms with Crippen LogP contribution in [-0.2, 0) is 4.74 Å². The zero-order chi connectivity index (χ0) is 17.0. The summed E-state index contributed by atoms with van der Waals surface area (Å²) < 4.78 is 5.42.